The molecule has 0 aromatic heterocycles. The summed E-state index contributed by atoms with van der Waals surface area (Å²) in [5.41, 5.74) is 0.657. The summed E-state index contributed by atoms with van der Waals surface area (Å²) in [6.07, 6.45) is -0.0207. The van der Waals surface area contributed by atoms with Gasteiger partial charge in [-0.15, -0.1) is 0 Å². The highest BCUT2D eigenvalue weighted by atomic mass is 16.7. The van der Waals surface area contributed by atoms with Crippen LogP contribution in [0.4, 0.5) is 0 Å². The smallest absolute Gasteiger partial charge is 0.221 e. The Kier molecular flexibility index (Phi) is 7.15. The minimum absolute atomic E-state index is 0.281. The second kappa shape index (κ2) is 7.53. The predicted molar refractivity (Wildman–Crippen MR) is 54.4 cm³/mol. The zero-order valence-electron chi connectivity index (χ0n) is 9.77. The lowest BCUT2D eigenvalue weighted by atomic mass is 10.2. The molecule has 5 heteroatoms. The van der Waals surface area contributed by atoms with Crippen LogP contribution >= 0.6 is 0 Å². The first kappa shape index (κ1) is 14.2. The first-order valence-electron chi connectivity index (χ1n) is 4.43. The lowest BCUT2D eigenvalue weighted by Gasteiger charge is -2.15. The summed E-state index contributed by atoms with van der Waals surface area (Å²) in [5, 5.41) is 0. The van der Waals surface area contributed by atoms with E-state index in [9.17, 15) is 4.79 Å². The number of methoxy groups -OCH3 is 4. The van der Waals surface area contributed by atoms with Gasteiger partial charge in [0, 0.05) is 28.4 Å². The van der Waals surface area contributed by atoms with E-state index in [1.54, 1.807) is 6.92 Å². The molecule has 0 heterocycles. The molecule has 0 aromatic carbocycles. The van der Waals surface area contributed by atoms with Gasteiger partial charge in [-0.2, -0.15) is 0 Å². The van der Waals surface area contributed by atoms with E-state index >= 15 is 0 Å². The normalized spacial score (nSPS) is 12.6. The van der Waals surface area contributed by atoms with Crippen molar-refractivity contribution in [1.29, 1.82) is 0 Å². The van der Waals surface area contributed by atoms with Crippen molar-refractivity contribution in [1.82, 2.24) is 0 Å². The van der Waals surface area contributed by atoms with Crippen LogP contribution < -0.4 is 0 Å². The first-order chi connectivity index (χ1) is 7.10. The quantitative estimate of drug-likeness (QED) is 0.466. The fourth-order valence-corrected chi connectivity index (χ4v) is 1.16. The maximum atomic E-state index is 11.5. The highest BCUT2D eigenvalue weighted by Gasteiger charge is 2.16. The third-order valence-electron chi connectivity index (χ3n) is 1.83. The molecule has 0 bridgehead atoms. The van der Waals surface area contributed by atoms with Gasteiger partial charge in [0.1, 0.15) is 0 Å². The molecule has 0 radical (unpaired) electrons. The van der Waals surface area contributed by atoms with Crippen molar-refractivity contribution >= 4 is 5.78 Å². The first-order valence-corrected chi connectivity index (χ1v) is 4.43. The third-order valence-corrected chi connectivity index (χ3v) is 1.83. The Morgan fingerprint density at radius 3 is 1.67 bits per heavy atom. The van der Waals surface area contributed by atoms with Crippen LogP contribution in [-0.4, -0.2) is 46.8 Å². The van der Waals surface area contributed by atoms with Gasteiger partial charge in [-0.25, -0.2) is 0 Å². The number of hydrogen-bond donors (Lipinski definition) is 0. The number of rotatable bonds is 7. The second-order valence-electron chi connectivity index (χ2n) is 2.90. The molecule has 0 aliphatic rings. The van der Waals surface area contributed by atoms with Gasteiger partial charge in [-0.3, -0.25) is 4.79 Å². The summed E-state index contributed by atoms with van der Waals surface area (Å²) in [7, 11) is 5.80. The highest BCUT2D eigenvalue weighted by molar-refractivity contribution is 5.93. The summed E-state index contributed by atoms with van der Waals surface area (Å²) in [5.74, 6) is -0.281. The minimum atomic E-state index is -0.880. The number of carbonyl (C=O) groups excluding carboxylic acids is 1. The molecule has 0 aromatic rings. The molecule has 0 spiro atoms. The van der Waals surface area contributed by atoms with Gasteiger partial charge in [0.15, 0.2) is 6.29 Å². The Morgan fingerprint density at radius 2 is 1.33 bits per heavy atom. The molecule has 88 valence electrons. The van der Waals surface area contributed by atoms with Crippen molar-refractivity contribution in [2.45, 2.75) is 19.5 Å². The van der Waals surface area contributed by atoms with Crippen molar-refractivity contribution in [3.05, 3.63) is 11.6 Å². The molecular weight excluding hydrogens is 200 g/mol. The lowest BCUT2D eigenvalue weighted by Crippen LogP contribution is -2.24. The molecule has 0 aliphatic carbocycles. The number of carbonyl (C=O) groups is 1. The van der Waals surface area contributed by atoms with Crippen molar-refractivity contribution in [2.24, 2.45) is 0 Å². The summed E-state index contributed by atoms with van der Waals surface area (Å²) in [4.78, 5) is 11.5. The van der Waals surface area contributed by atoms with Gasteiger partial charge in [0.05, 0.1) is 0 Å². The van der Waals surface area contributed by atoms with Crippen LogP contribution in [0.1, 0.15) is 6.92 Å². The molecule has 0 saturated heterocycles. The van der Waals surface area contributed by atoms with E-state index in [1.807, 2.05) is 0 Å². The predicted octanol–water partition coefficient (Wildman–Crippen LogP) is 0.740. The highest BCUT2D eigenvalue weighted by Crippen LogP contribution is 2.07. The SMILES string of the molecule is COC(OC)C(=O)/C=C(/C)C(OC)OC. The number of ketones is 1. The van der Waals surface area contributed by atoms with Crippen LogP contribution in [0, 0.1) is 0 Å². The summed E-state index contributed by atoms with van der Waals surface area (Å²) < 4.78 is 19.6. The standard InChI is InChI=1S/C10H18O5/c1-7(9(12-2)13-3)6-8(11)10(14-4)15-5/h6,9-10H,1-5H3/b7-6-. The van der Waals surface area contributed by atoms with Gasteiger partial charge >= 0.3 is 0 Å². The fourth-order valence-electron chi connectivity index (χ4n) is 1.16. The molecular formula is C10H18O5. The van der Waals surface area contributed by atoms with Crippen molar-refractivity contribution in [3.63, 3.8) is 0 Å². The Hall–Kier alpha value is -0.750. The maximum absolute atomic E-state index is 11.5. The second-order valence-corrected chi connectivity index (χ2v) is 2.90. The molecule has 15 heavy (non-hydrogen) atoms. The largest absolute Gasteiger partial charge is 0.352 e. The zero-order valence-corrected chi connectivity index (χ0v) is 9.77. The van der Waals surface area contributed by atoms with Gasteiger partial charge in [0.2, 0.25) is 12.1 Å². The van der Waals surface area contributed by atoms with Crippen LogP contribution in [0.15, 0.2) is 11.6 Å². The number of ether oxygens (including phenoxy) is 4. The van der Waals surface area contributed by atoms with Gasteiger partial charge in [-0.05, 0) is 18.6 Å². The van der Waals surface area contributed by atoms with E-state index < -0.39 is 12.6 Å². The summed E-state index contributed by atoms with van der Waals surface area (Å²) in [6, 6.07) is 0. The Balaban J connectivity index is 4.51. The fraction of sp³-hybridized carbons (Fsp3) is 0.700. The van der Waals surface area contributed by atoms with Crippen LogP contribution in [0.5, 0.6) is 0 Å². The van der Waals surface area contributed by atoms with Gasteiger partial charge < -0.3 is 18.9 Å². The number of hydrogen-bond acceptors (Lipinski definition) is 5. The molecule has 0 amide bonds. The van der Waals surface area contributed by atoms with Crippen LogP contribution in [0.3, 0.4) is 0 Å². The molecule has 5 nitrogen and oxygen atoms in total. The topological polar surface area (TPSA) is 54.0 Å². The van der Waals surface area contributed by atoms with Gasteiger partial charge in [-0.1, -0.05) is 0 Å². The Labute approximate surface area is 89.9 Å². The molecule has 0 atom stereocenters. The van der Waals surface area contributed by atoms with Crippen molar-refractivity contribution < 1.29 is 23.7 Å². The average molecular weight is 218 g/mol. The molecule has 0 saturated carbocycles. The van der Waals surface area contributed by atoms with Crippen LogP contribution in [0.25, 0.3) is 0 Å². The van der Waals surface area contributed by atoms with E-state index in [4.69, 9.17) is 18.9 Å². The van der Waals surface area contributed by atoms with Crippen LogP contribution in [-0.2, 0) is 23.7 Å². The van der Waals surface area contributed by atoms with Crippen molar-refractivity contribution in [3.8, 4) is 0 Å². The van der Waals surface area contributed by atoms with Crippen molar-refractivity contribution in [2.75, 3.05) is 28.4 Å². The molecule has 0 unspecified atom stereocenters. The van der Waals surface area contributed by atoms with E-state index in [0.29, 0.717) is 5.57 Å². The van der Waals surface area contributed by atoms with E-state index in [1.165, 1.54) is 34.5 Å². The zero-order chi connectivity index (χ0) is 11.8. The monoisotopic (exact) mass is 218 g/mol. The minimum Gasteiger partial charge on any atom is -0.352 e. The average Bonchev–Trinajstić information content (AvgIpc) is 2.21. The van der Waals surface area contributed by atoms with Crippen LogP contribution in [0.2, 0.25) is 0 Å². The third kappa shape index (κ3) is 4.53. The molecule has 0 rings (SSSR count). The molecule has 0 aliphatic heterocycles. The summed E-state index contributed by atoms with van der Waals surface area (Å²) in [6.45, 7) is 1.73. The van der Waals surface area contributed by atoms with E-state index in [-0.39, 0.29) is 5.78 Å². The molecule has 0 N–H and O–H groups in total. The Morgan fingerprint density at radius 1 is 0.933 bits per heavy atom. The van der Waals surface area contributed by atoms with Gasteiger partial charge in [0.25, 0.3) is 0 Å². The maximum Gasteiger partial charge on any atom is 0.221 e. The van der Waals surface area contributed by atoms with E-state index in [2.05, 4.69) is 0 Å². The Bertz CT molecular complexity index is 216. The van der Waals surface area contributed by atoms with E-state index in [0.717, 1.165) is 0 Å². The summed E-state index contributed by atoms with van der Waals surface area (Å²) >= 11 is 0. The lowest BCUT2D eigenvalue weighted by molar-refractivity contribution is -0.151. The molecule has 0 fully saturated rings.